The number of amides is 1. The minimum Gasteiger partial charge on any atom is -0.497 e. The summed E-state index contributed by atoms with van der Waals surface area (Å²) in [5.41, 5.74) is -0.0885. The Morgan fingerprint density at radius 2 is 1.71 bits per heavy atom. The van der Waals surface area contributed by atoms with Gasteiger partial charge >= 0.3 is 17.7 Å². The maximum Gasteiger partial charge on any atom is 0.410 e. The molecule has 0 atom stereocenters. The maximum absolute atomic E-state index is 12.8. The molecule has 8 nitrogen and oxygen atoms in total. The van der Waals surface area contributed by atoms with Gasteiger partial charge in [0, 0.05) is 29.4 Å². The van der Waals surface area contributed by atoms with E-state index in [4.69, 9.17) is 18.6 Å². The fourth-order valence-electron chi connectivity index (χ4n) is 4.15. The van der Waals surface area contributed by atoms with E-state index in [1.165, 1.54) is 7.11 Å². The van der Waals surface area contributed by atoms with Crippen molar-refractivity contribution in [3.8, 4) is 11.5 Å². The molecule has 180 valence electrons. The standard InChI is InChI=1S/C26H29NO7/c1-15-21(32-23(28)16-10-12-27(13-11-16)25(30)34-26(2,3)4)9-8-19-18-7-6-17(31-5)14-20(18)24(29)33-22(15)19/h6-9,14,16H,10-13H2,1-5H3. The van der Waals surface area contributed by atoms with Crippen LogP contribution in [0, 0.1) is 12.8 Å². The molecule has 1 aromatic heterocycles. The number of hydrogen-bond acceptors (Lipinski definition) is 7. The molecule has 8 heteroatoms. The maximum atomic E-state index is 12.8. The van der Waals surface area contributed by atoms with Gasteiger partial charge in [0.2, 0.25) is 0 Å². The van der Waals surface area contributed by atoms with Crippen molar-refractivity contribution in [1.82, 2.24) is 4.90 Å². The largest absolute Gasteiger partial charge is 0.497 e. The van der Waals surface area contributed by atoms with Gasteiger partial charge in [-0.1, -0.05) is 0 Å². The average Bonchev–Trinajstić information content (AvgIpc) is 2.80. The molecule has 1 fully saturated rings. The van der Waals surface area contributed by atoms with Crippen molar-refractivity contribution in [2.24, 2.45) is 5.92 Å². The quantitative estimate of drug-likeness (QED) is 0.236. The van der Waals surface area contributed by atoms with Gasteiger partial charge in [-0.25, -0.2) is 9.59 Å². The Hall–Kier alpha value is -3.55. The van der Waals surface area contributed by atoms with E-state index in [9.17, 15) is 14.4 Å². The van der Waals surface area contributed by atoms with Gasteiger partial charge in [0.1, 0.15) is 22.7 Å². The Labute approximate surface area is 197 Å². The SMILES string of the molecule is COc1ccc2c(c1)c(=O)oc1c(C)c(OC(=O)C3CCN(C(=O)OC(C)(C)C)CC3)ccc12. The van der Waals surface area contributed by atoms with Crippen LogP contribution >= 0.6 is 0 Å². The number of rotatable bonds is 3. The molecule has 3 aromatic rings. The summed E-state index contributed by atoms with van der Waals surface area (Å²) in [5, 5.41) is 1.91. The first-order valence-electron chi connectivity index (χ1n) is 11.3. The lowest BCUT2D eigenvalue weighted by Crippen LogP contribution is -2.43. The number of benzene rings is 2. The molecule has 0 unspecified atom stereocenters. The van der Waals surface area contributed by atoms with Crippen LogP contribution in [0.25, 0.3) is 21.7 Å². The minimum atomic E-state index is -0.563. The highest BCUT2D eigenvalue weighted by Crippen LogP contribution is 2.33. The van der Waals surface area contributed by atoms with Crippen molar-refractivity contribution in [2.45, 2.75) is 46.1 Å². The molecule has 2 aromatic carbocycles. The second kappa shape index (κ2) is 9.00. The van der Waals surface area contributed by atoms with Crippen molar-refractivity contribution < 1.29 is 28.2 Å². The summed E-state index contributed by atoms with van der Waals surface area (Å²) in [6.45, 7) is 8.08. The van der Waals surface area contributed by atoms with Crippen molar-refractivity contribution in [1.29, 1.82) is 0 Å². The first-order valence-corrected chi connectivity index (χ1v) is 11.3. The zero-order chi connectivity index (χ0) is 24.6. The third kappa shape index (κ3) is 4.71. The Kier molecular flexibility index (Phi) is 6.25. The Balaban J connectivity index is 1.51. The van der Waals surface area contributed by atoms with Gasteiger partial charge in [-0.2, -0.15) is 0 Å². The number of aryl methyl sites for hydroxylation is 1. The second-order valence-electron chi connectivity index (χ2n) is 9.53. The molecular formula is C26H29NO7. The van der Waals surface area contributed by atoms with Gasteiger partial charge in [0.15, 0.2) is 0 Å². The second-order valence-corrected chi connectivity index (χ2v) is 9.53. The van der Waals surface area contributed by atoms with Gasteiger partial charge in [-0.05, 0) is 70.9 Å². The van der Waals surface area contributed by atoms with Gasteiger partial charge in [-0.15, -0.1) is 0 Å². The van der Waals surface area contributed by atoms with Crippen LogP contribution < -0.4 is 15.1 Å². The van der Waals surface area contributed by atoms with E-state index >= 15 is 0 Å². The van der Waals surface area contributed by atoms with Gasteiger partial charge in [-0.3, -0.25) is 4.79 Å². The van der Waals surface area contributed by atoms with Gasteiger partial charge < -0.3 is 23.5 Å². The fourth-order valence-corrected chi connectivity index (χ4v) is 4.15. The number of hydrogen-bond donors (Lipinski definition) is 0. The van der Waals surface area contributed by atoms with Gasteiger partial charge in [0.05, 0.1) is 18.4 Å². The molecule has 1 aliphatic heterocycles. The fraction of sp³-hybridized carbons (Fsp3) is 0.423. The zero-order valence-corrected chi connectivity index (χ0v) is 20.1. The summed E-state index contributed by atoms with van der Waals surface area (Å²) in [5.74, 6) is 0.228. The van der Waals surface area contributed by atoms with Crippen LogP contribution in [0.3, 0.4) is 0 Å². The lowest BCUT2D eigenvalue weighted by molar-refractivity contribution is -0.140. The first kappa shape index (κ1) is 23.6. The summed E-state index contributed by atoms with van der Waals surface area (Å²) in [6.07, 6.45) is 0.614. The van der Waals surface area contributed by atoms with Crippen LogP contribution in [0.5, 0.6) is 11.5 Å². The number of carbonyl (C=O) groups excluding carboxylic acids is 2. The van der Waals surface area contributed by atoms with Crippen molar-refractivity contribution in [2.75, 3.05) is 20.2 Å². The molecule has 0 spiro atoms. The van der Waals surface area contributed by atoms with Crippen LogP contribution in [0.15, 0.2) is 39.5 Å². The van der Waals surface area contributed by atoms with E-state index in [0.717, 1.165) is 10.8 Å². The highest BCUT2D eigenvalue weighted by molar-refractivity contribution is 6.06. The number of fused-ring (bicyclic) bond motifs is 3. The van der Waals surface area contributed by atoms with Crippen molar-refractivity contribution >= 4 is 33.8 Å². The molecule has 2 heterocycles. The molecule has 0 saturated carbocycles. The highest BCUT2D eigenvalue weighted by atomic mass is 16.6. The number of carbonyl (C=O) groups is 2. The molecule has 34 heavy (non-hydrogen) atoms. The lowest BCUT2D eigenvalue weighted by Gasteiger charge is -2.32. The lowest BCUT2D eigenvalue weighted by atomic mass is 9.97. The Bertz CT molecular complexity index is 1310. The summed E-state index contributed by atoms with van der Waals surface area (Å²) < 4.78 is 21.9. The van der Waals surface area contributed by atoms with Crippen LogP contribution in [0.1, 0.15) is 39.2 Å². The number of esters is 1. The van der Waals surface area contributed by atoms with E-state index in [1.54, 1.807) is 36.1 Å². The van der Waals surface area contributed by atoms with E-state index in [1.807, 2.05) is 26.8 Å². The average molecular weight is 468 g/mol. The predicted octanol–water partition coefficient (Wildman–Crippen LogP) is 4.82. The van der Waals surface area contributed by atoms with E-state index in [2.05, 4.69) is 0 Å². The van der Waals surface area contributed by atoms with E-state index < -0.39 is 11.2 Å². The topological polar surface area (TPSA) is 95.3 Å². The summed E-state index contributed by atoms with van der Waals surface area (Å²) in [7, 11) is 1.54. The third-order valence-corrected chi connectivity index (χ3v) is 5.98. The molecule has 0 N–H and O–H groups in total. The zero-order valence-electron chi connectivity index (χ0n) is 20.1. The number of piperidine rings is 1. The van der Waals surface area contributed by atoms with Crippen LogP contribution in [0.4, 0.5) is 4.79 Å². The smallest absolute Gasteiger partial charge is 0.410 e. The third-order valence-electron chi connectivity index (χ3n) is 5.98. The van der Waals surface area contributed by atoms with Crippen LogP contribution in [-0.2, 0) is 9.53 Å². The minimum absolute atomic E-state index is 0.329. The Morgan fingerprint density at radius 1 is 1.03 bits per heavy atom. The molecular weight excluding hydrogens is 438 g/mol. The van der Waals surface area contributed by atoms with Crippen LogP contribution in [0.2, 0.25) is 0 Å². The predicted molar refractivity (Wildman–Crippen MR) is 127 cm³/mol. The van der Waals surface area contributed by atoms with Crippen LogP contribution in [-0.4, -0.2) is 42.8 Å². The molecule has 1 saturated heterocycles. The van der Waals surface area contributed by atoms with Crippen molar-refractivity contribution in [3.05, 3.63) is 46.3 Å². The first-order chi connectivity index (χ1) is 16.1. The monoisotopic (exact) mass is 467 g/mol. The summed E-state index contributed by atoms with van der Waals surface area (Å²) in [4.78, 5) is 39.3. The number of ether oxygens (including phenoxy) is 3. The number of methoxy groups -OCH3 is 1. The molecule has 0 radical (unpaired) electrons. The molecule has 4 rings (SSSR count). The highest BCUT2D eigenvalue weighted by Gasteiger charge is 2.31. The van der Waals surface area contributed by atoms with Gasteiger partial charge in [0.25, 0.3) is 0 Å². The number of nitrogens with zero attached hydrogens (tertiary/aromatic N) is 1. The van der Waals surface area contributed by atoms with E-state index in [-0.39, 0.29) is 18.0 Å². The van der Waals surface area contributed by atoms with E-state index in [0.29, 0.717) is 54.0 Å². The Morgan fingerprint density at radius 3 is 2.35 bits per heavy atom. The summed E-state index contributed by atoms with van der Waals surface area (Å²) in [6, 6.07) is 8.75. The molecule has 0 aliphatic carbocycles. The molecule has 0 bridgehead atoms. The summed E-state index contributed by atoms with van der Waals surface area (Å²) >= 11 is 0. The molecule has 1 aliphatic rings. The van der Waals surface area contributed by atoms with Crippen molar-refractivity contribution in [3.63, 3.8) is 0 Å². The normalized spacial score (nSPS) is 14.9. The number of likely N-dealkylation sites (tertiary alicyclic amines) is 1. The molecule has 1 amide bonds.